The fourth-order valence-electron chi connectivity index (χ4n) is 7.97. The van der Waals surface area contributed by atoms with Crippen LogP contribution in [-0.2, 0) is 47.1 Å². The number of thiol groups is 1. The Morgan fingerprint density at radius 3 is 1.28 bits per heavy atom. The molecule has 2 aliphatic heterocycles. The summed E-state index contributed by atoms with van der Waals surface area (Å²) in [6, 6.07) is 64.1. The second-order valence-electron chi connectivity index (χ2n) is 24.9. The number of halogens is 1. The minimum absolute atomic E-state index is 0. The van der Waals surface area contributed by atoms with Crippen LogP contribution in [0.2, 0.25) is 0 Å². The molecule has 9 rings (SSSR count). The maximum atomic E-state index is 11.7. The van der Waals surface area contributed by atoms with Crippen molar-refractivity contribution >= 4 is 79.2 Å². The molecule has 14 nitrogen and oxygen atoms in total. The SMILES string of the molecule is C.C=C(OC(C)(C)C)C(N)C(C)(Sc1ccccc1)c1ccccc1.CC(C)(C)OC(=O)C1N=C1c1ccccc1.CC(C)(C)OC(=O)C1N=C1c1ccccc1.CC(C)(C)OC(=O)CC(=NO)c1ccccc1.Cc1ccc(S(=O)(=O)Cl)cc1.Sc1ccccc1. The van der Waals surface area contributed by atoms with Gasteiger partial charge >= 0.3 is 17.9 Å². The number of esters is 3. The third kappa shape index (κ3) is 29.7. The van der Waals surface area contributed by atoms with Gasteiger partial charge in [0.05, 0.1) is 39.2 Å². The predicted octanol–water partition coefficient (Wildman–Crippen LogP) is 16.9. The average Bonchev–Trinajstić information content (AvgIpc) is 1.36. The number of hydrogen-bond acceptors (Lipinski definition) is 16. The van der Waals surface area contributed by atoms with Crippen molar-refractivity contribution < 1.29 is 47.0 Å². The standard InChI is InChI=1S/C21H27NOS.C13H17NO3.2C13H15NO2.C7H7ClO2S.C6H6S.CH4/c1-16(23-20(2,3)4)19(22)21(5,17-12-8-6-9-13-17)24-18-14-10-7-11-15-18;1-13(2,3)17-12(15)9-11(14-16)10-7-5-4-6-8-10;2*1-13(2,3)16-12(15)11-10(14-11)9-7-5-4-6-8-9;1-6-2-4-7(5-3-6)11(8,9)10;7-6-4-2-1-3-5-6;/h6-15,19H,1,22H2,2-5H3;4-8,16H,9H2,1-3H3;2*4-8,11H,1-3H3;2-5H,1H3;1-5,7H;1H4. The van der Waals surface area contributed by atoms with Gasteiger partial charge in [-0.05, 0) is 156 Å². The smallest absolute Gasteiger partial charge is 0.337 e. The summed E-state index contributed by atoms with van der Waals surface area (Å²) in [7, 11) is 1.54. The lowest BCUT2D eigenvalue weighted by atomic mass is 9.91. The molecule has 0 aromatic heterocycles. The van der Waals surface area contributed by atoms with E-state index in [1.807, 2.05) is 215 Å². The number of nitrogens with zero attached hydrogens (tertiary/aromatic N) is 3. The normalized spacial score (nSPS) is 14.9. The summed E-state index contributed by atoms with van der Waals surface area (Å²) < 4.78 is 42.7. The molecule has 0 saturated heterocycles. The van der Waals surface area contributed by atoms with Crippen molar-refractivity contribution in [1.29, 1.82) is 0 Å². The minimum Gasteiger partial charge on any atom is -0.491 e. The second kappa shape index (κ2) is 35.9. The number of nitrogens with two attached hydrogens (primary N) is 1. The van der Waals surface area contributed by atoms with Crippen molar-refractivity contribution in [2.75, 3.05) is 0 Å². The Kier molecular flexibility index (Phi) is 30.6. The van der Waals surface area contributed by atoms with Gasteiger partial charge in [-0.1, -0.05) is 195 Å². The van der Waals surface area contributed by atoms with E-state index >= 15 is 0 Å². The summed E-state index contributed by atoms with van der Waals surface area (Å²) in [5.74, 6) is -0.316. The molecule has 0 spiro atoms. The zero-order valence-electron chi connectivity index (χ0n) is 54.5. The molecule has 18 heteroatoms. The van der Waals surface area contributed by atoms with Gasteiger partial charge in [-0.2, -0.15) is 0 Å². The van der Waals surface area contributed by atoms with Gasteiger partial charge in [-0.15, -0.1) is 24.4 Å². The molecule has 0 saturated carbocycles. The van der Waals surface area contributed by atoms with Crippen LogP contribution in [0.3, 0.4) is 0 Å². The molecule has 2 aliphatic rings. The average molecular weight is 1330 g/mol. The lowest BCUT2D eigenvalue weighted by Gasteiger charge is -2.38. The van der Waals surface area contributed by atoms with E-state index in [1.54, 1.807) is 56.8 Å². The number of hydrogen-bond donors (Lipinski definition) is 3. The van der Waals surface area contributed by atoms with Gasteiger partial charge < -0.3 is 29.9 Å². The molecule has 492 valence electrons. The van der Waals surface area contributed by atoms with Gasteiger partial charge in [0.15, 0.2) is 12.1 Å². The highest BCUT2D eigenvalue weighted by Gasteiger charge is 2.41. The third-order valence-corrected chi connectivity index (χ3v) is 15.2. The Labute approximate surface area is 560 Å². The van der Waals surface area contributed by atoms with Gasteiger partial charge in [0, 0.05) is 20.5 Å². The van der Waals surface area contributed by atoms with Crippen molar-refractivity contribution in [3.8, 4) is 0 Å². The van der Waals surface area contributed by atoms with Gasteiger partial charge in [0.2, 0.25) is 0 Å². The van der Waals surface area contributed by atoms with E-state index in [0.29, 0.717) is 17.0 Å². The molecular formula is C74H91ClN4O10S3. The van der Waals surface area contributed by atoms with Crippen molar-refractivity contribution in [3.05, 3.63) is 246 Å². The van der Waals surface area contributed by atoms with Crippen molar-refractivity contribution in [3.63, 3.8) is 0 Å². The Morgan fingerprint density at radius 1 is 0.576 bits per heavy atom. The summed E-state index contributed by atoms with van der Waals surface area (Å²) in [5.41, 5.74) is 11.7. The number of oxime groups is 1. The van der Waals surface area contributed by atoms with Crippen molar-refractivity contribution in [2.24, 2.45) is 20.9 Å². The van der Waals surface area contributed by atoms with Crippen LogP contribution in [0.5, 0.6) is 0 Å². The first kappa shape index (κ1) is 78.4. The summed E-state index contributed by atoms with van der Waals surface area (Å²) >= 11 is 5.83. The molecule has 92 heavy (non-hydrogen) atoms. The number of benzene rings is 7. The number of ether oxygens (including phenoxy) is 4. The maximum Gasteiger partial charge on any atom is 0.337 e. The minimum atomic E-state index is -3.55. The summed E-state index contributed by atoms with van der Waals surface area (Å²) in [4.78, 5) is 45.6. The number of carbonyl (C=O) groups is 3. The fourth-order valence-corrected chi connectivity index (χ4v) is 10.2. The second-order valence-corrected chi connectivity index (χ2v) is 29.5. The third-order valence-electron chi connectivity index (χ3n) is 12.1. The lowest BCUT2D eigenvalue weighted by molar-refractivity contribution is -0.154. The number of rotatable bonds is 14. The highest BCUT2D eigenvalue weighted by atomic mass is 35.7. The van der Waals surface area contributed by atoms with Crippen molar-refractivity contribution in [1.82, 2.24) is 0 Å². The molecule has 7 aromatic rings. The Hall–Kier alpha value is -7.80. The van der Waals surface area contributed by atoms with Crippen LogP contribution in [0.25, 0.3) is 0 Å². The molecule has 4 atom stereocenters. The monoisotopic (exact) mass is 1330 g/mol. The molecule has 0 radical (unpaired) electrons. The summed E-state index contributed by atoms with van der Waals surface area (Å²) in [6.45, 7) is 30.7. The van der Waals surface area contributed by atoms with Gasteiger partial charge in [0.25, 0.3) is 9.05 Å². The zero-order chi connectivity index (χ0) is 67.8. The van der Waals surface area contributed by atoms with Crippen LogP contribution in [0.1, 0.15) is 132 Å². The molecule has 0 bridgehead atoms. The quantitative estimate of drug-likeness (QED) is 0.0107. The Balaban J connectivity index is 0.000000296. The first-order valence-electron chi connectivity index (χ1n) is 29.4. The first-order chi connectivity index (χ1) is 42.5. The molecule has 2 heterocycles. The number of aryl methyl sites for hydroxylation is 1. The van der Waals surface area contributed by atoms with E-state index in [9.17, 15) is 22.8 Å². The zero-order valence-corrected chi connectivity index (χ0v) is 57.7. The summed E-state index contributed by atoms with van der Waals surface area (Å²) in [5, 5.41) is 12.1. The number of carbonyl (C=O) groups excluding carboxylic acids is 3. The number of aliphatic imine (C=N–C) groups is 2. The molecule has 3 N–H and O–H groups in total. The van der Waals surface area contributed by atoms with Crippen molar-refractivity contribution in [2.45, 2.75) is 171 Å². The molecule has 7 aromatic carbocycles. The largest absolute Gasteiger partial charge is 0.491 e. The Morgan fingerprint density at radius 2 is 0.935 bits per heavy atom. The first-order valence-corrected chi connectivity index (χ1v) is 32.9. The maximum absolute atomic E-state index is 11.7. The van der Waals surface area contributed by atoms with Crippen LogP contribution < -0.4 is 5.73 Å². The lowest BCUT2D eigenvalue weighted by Crippen LogP contribution is -2.44. The van der Waals surface area contributed by atoms with E-state index in [0.717, 1.165) is 38.6 Å². The molecule has 0 aliphatic carbocycles. The van der Waals surface area contributed by atoms with E-state index in [2.05, 4.69) is 65.5 Å². The van der Waals surface area contributed by atoms with E-state index in [1.165, 1.54) is 17.0 Å². The van der Waals surface area contributed by atoms with Gasteiger partial charge in [-0.3, -0.25) is 14.8 Å². The van der Waals surface area contributed by atoms with Crippen LogP contribution in [0.15, 0.2) is 248 Å². The van der Waals surface area contributed by atoms with Crippen LogP contribution >= 0.6 is 35.1 Å². The highest BCUT2D eigenvalue weighted by Crippen LogP contribution is 2.45. The van der Waals surface area contributed by atoms with Crippen LogP contribution in [-0.4, -0.2) is 89.2 Å². The molecule has 0 amide bonds. The highest BCUT2D eigenvalue weighted by molar-refractivity contribution is 8.13. The topological polar surface area (TPSA) is 206 Å². The molecular weight excluding hydrogens is 1240 g/mol. The molecule has 4 unspecified atom stereocenters. The van der Waals surface area contributed by atoms with E-state index in [-0.39, 0.29) is 59.2 Å². The Bertz CT molecular complexity index is 3540. The van der Waals surface area contributed by atoms with Gasteiger partial charge in [-0.25, -0.2) is 18.0 Å². The van der Waals surface area contributed by atoms with E-state index in [4.69, 9.17) is 40.6 Å². The molecule has 0 fully saturated rings. The predicted molar refractivity (Wildman–Crippen MR) is 379 cm³/mol. The van der Waals surface area contributed by atoms with Crippen LogP contribution in [0.4, 0.5) is 0 Å². The van der Waals surface area contributed by atoms with E-state index < -0.39 is 31.8 Å². The van der Waals surface area contributed by atoms with Crippen LogP contribution in [0, 0.1) is 6.92 Å². The summed E-state index contributed by atoms with van der Waals surface area (Å²) in [6.07, 6.45) is -0.0439. The number of thioether (sulfide) groups is 1. The van der Waals surface area contributed by atoms with Gasteiger partial charge in [0.1, 0.15) is 28.2 Å². The fraction of sp³-hybridized carbons (Fsp3) is 0.324.